The lowest BCUT2D eigenvalue weighted by Crippen LogP contribution is -2.49. The van der Waals surface area contributed by atoms with Gasteiger partial charge in [-0.25, -0.2) is 0 Å². The van der Waals surface area contributed by atoms with Gasteiger partial charge in [0, 0.05) is 18.1 Å². The fraction of sp³-hybridized carbons (Fsp3) is 0.667. The van der Waals surface area contributed by atoms with E-state index in [0.717, 1.165) is 12.0 Å². The van der Waals surface area contributed by atoms with E-state index in [-0.39, 0.29) is 6.04 Å². The monoisotopic (exact) mass is 272 g/mol. The topological polar surface area (TPSA) is 29.3 Å². The summed E-state index contributed by atoms with van der Waals surface area (Å²) >= 11 is 0. The zero-order chi connectivity index (χ0) is 14.3. The minimum absolute atomic E-state index is 0.182. The fourth-order valence-corrected chi connectivity index (χ4v) is 4.39. The van der Waals surface area contributed by atoms with Crippen molar-refractivity contribution in [1.29, 1.82) is 0 Å². The number of fused-ring (bicyclic) bond motifs is 1. The van der Waals surface area contributed by atoms with Crippen molar-refractivity contribution in [2.75, 3.05) is 6.54 Å². The molecule has 0 saturated carbocycles. The van der Waals surface area contributed by atoms with Gasteiger partial charge in [0.25, 0.3) is 0 Å². The molecular weight excluding hydrogens is 244 g/mol. The molecule has 0 amide bonds. The molecule has 2 heteroatoms. The smallest absolute Gasteiger partial charge is 0.0456 e. The number of rotatable bonds is 2. The van der Waals surface area contributed by atoms with E-state index in [1.165, 1.54) is 36.9 Å². The Morgan fingerprint density at radius 3 is 2.60 bits per heavy atom. The first kappa shape index (κ1) is 14.1. The van der Waals surface area contributed by atoms with Crippen molar-refractivity contribution in [3.63, 3.8) is 0 Å². The molecule has 1 saturated heterocycles. The highest BCUT2D eigenvalue weighted by atomic mass is 15.2. The van der Waals surface area contributed by atoms with Crippen molar-refractivity contribution >= 4 is 0 Å². The lowest BCUT2D eigenvalue weighted by Gasteiger charge is -2.43. The Hall–Kier alpha value is -0.860. The molecule has 1 aliphatic heterocycles. The number of benzene rings is 1. The number of nitrogens with zero attached hydrogens (tertiary/aromatic N) is 1. The molecule has 0 radical (unpaired) electrons. The van der Waals surface area contributed by atoms with Crippen LogP contribution in [-0.2, 0) is 0 Å². The van der Waals surface area contributed by atoms with Gasteiger partial charge in [0.2, 0.25) is 0 Å². The summed E-state index contributed by atoms with van der Waals surface area (Å²) < 4.78 is 0. The highest BCUT2D eigenvalue weighted by Gasteiger charge is 2.39. The van der Waals surface area contributed by atoms with Gasteiger partial charge in [-0.15, -0.1) is 0 Å². The second kappa shape index (κ2) is 5.50. The summed E-state index contributed by atoms with van der Waals surface area (Å²) in [7, 11) is 0. The maximum atomic E-state index is 6.65. The SMILES string of the molecule is CC1CC(N2CCCC2C(C)C)C(N)c2ccccc21. The first-order valence-electron chi connectivity index (χ1n) is 8.19. The van der Waals surface area contributed by atoms with Gasteiger partial charge in [0.15, 0.2) is 0 Å². The van der Waals surface area contributed by atoms with Gasteiger partial charge in [-0.2, -0.15) is 0 Å². The third-order valence-electron chi connectivity index (χ3n) is 5.43. The van der Waals surface area contributed by atoms with Crippen LogP contribution in [0.5, 0.6) is 0 Å². The lowest BCUT2D eigenvalue weighted by atomic mass is 9.77. The standard InChI is InChI=1S/C18H28N2/c1-12(2)16-9-6-10-20(16)17-11-13(3)14-7-4-5-8-15(14)18(17)19/h4-5,7-8,12-13,16-18H,6,9-11,19H2,1-3H3. The summed E-state index contributed by atoms with van der Waals surface area (Å²) in [6.45, 7) is 8.30. The third-order valence-corrected chi connectivity index (χ3v) is 5.43. The van der Waals surface area contributed by atoms with Crippen molar-refractivity contribution in [2.24, 2.45) is 11.7 Å². The van der Waals surface area contributed by atoms with Crippen LogP contribution in [0.3, 0.4) is 0 Å². The quantitative estimate of drug-likeness (QED) is 0.890. The van der Waals surface area contributed by atoms with Crippen molar-refractivity contribution in [2.45, 2.75) is 64.1 Å². The van der Waals surface area contributed by atoms with Gasteiger partial charge in [-0.1, -0.05) is 45.0 Å². The van der Waals surface area contributed by atoms with Crippen LogP contribution in [0.2, 0.25) is 0 Å². The number of nitrogens with two attached hydrogens (primary N) is 1. The van der Waals surface area contributed by atoms with Gasteiger partial charge in [0.05, 0.1) is 0 Å². The summed E-state index contributed by atoms with van der Waals surface area (Å²) in [5.41, 5.74) is 9.50. The Labute approximate surface area is 123 Å². The van der Waals surface area contributed by atoms with Crippen molar-refractivity contribution in [3.05, 3.63) is 35.4 Å². The summed E-state index contributed by atoms with van der Waals surface area (Å²) in [5, 5.41) is 0. The minimum Gasteiger partial charge on any atom is -0.323 e. The van der Waals surface area contributed by atoms with Crippen LogP contribution >= 0.6 is 0 Å². The lowest BCUT2D eigenvalue weighted by molar-refractivity contribution is 0.109. The van der Waals surface area contributed by atoms with Crippen LogP contribution < -0.4 is 5.73 Å². The van der Waals surface area contributed by atoms with Crippen LogP contribution in [0.1, 0.15) is 63.1 Å². The van der Waals surface area contributed by atoms with E-state index >= 15 is 0 Å². The van der Waals surface area contributed by atoms with Gasteiger partial charge in [-0.05, 0) is 48.8 Å². The van der Waals surface area contributed by atoms with Crippen molar-refractivity contribution < 1.29 is 0 Å². The van der Waals surface area contributed by atoms with Crippen LogP contribution in [0, 0.1) is 5.92 Å². The molecule has 2 N–H and O–H groups in total. The maximum Gasteiger partial charge on any atom is 0.0456 e. The first-order chi connectivity index (χ1) is 9.59. The van der Waals surface area contributed by atoms with E-state index in [1.54, 1.807) is 0 Å². The molecule has 0 bridgehead atoms. The Balaban J connectivity index is 1.89. The molecule has 1 aromatic carbocycles. The number of likely N-dealkylation sites (tertiary alicyclic amines) is 1. The second-order valence-electron chi connectivity index (χ2n) is 7.05. The molecule has 20 heavy (non-hydrogen) atoms. The molecule has 3 rings (SSSR count). The fourth-order valence-electron chi connectivity index (χ4n) is 4.39. The molecule has 2 aliphatic rings. The van der Waals surface area contributed by atoms with Gasteiger partial charge in [0.1, 0.15) is 0 Å². The highest BCUT2D eigenvalue weighted by Crippen LogP contribution is 2.41. The molecule has 0 aromatic heterocycles. The summed E-state index contributed by atoms with van der Waals surface area (Å²) in [4.78, 5) is 2.72. The molecule has 4 unspecified atom stereocenters. The molecule has 1 heterocycles. The summed E-state index contributed by atoms with van der Waals surface area (Å²) in [6, 6.07) is 10.2. The van der Waals surface area contributed by atoms with Crippen LogP contribution in [0.4, 0.5) is 0 Å². The van der Waals surface area contributed by atoms with Crippen molar-refractivity contribution in [3.8, 4) is 0 Å². The van der Waals surface area contributed by atoms with Crippen LogP contribution in [-0.4, -0.2) is 23.5 Å². The van der Waals surface area contributed by atoms with E-state index in [0.29, 0.717) is 12.0 Å². The number of hydrogen-bond donors (Lipinski definition) is 1. The van der Waals surface area contributed by atoms with Gasteiger partial charge >= 0.3 is 0 Å². The molecule has 4 atom stereocenters. The maximum absolute atomic E-state index is 6.65. The zero-order valence-corrected chi connectivity index (χ0v) is 13.0. The molecular formula is C18H28N2. The minimum atomic E-state index is 0.182. The Kier molecular flexibility index (Phi) is 3.87. The highest BCUT2D eigenvalue weighted by molar-refractivity contribution is 5.36. The molecule has 0 spiro atoms. The van der Waals surface area contributed by atoms with E-state index in [9.17, 15) is 0 Å². The molecule has 1 fully saturated rings. The normalized spacial score (nSPS) is 34.5. The Morgan fingerprint density at radius 1 is 1.20 bits per heavy atom. The summed E-state index contributed by atoms with van der Waals surface area (Å²) in [6.07, 6.45) is 3.89. The molecule has 1 aromatic rings. The predicted octanol–water partition coefficient (Wildman–Crippen LogP) is 3.68. The Morgan fingerprint density at radius 2 is 1.90 bits per heavy atom. The van der Waals surface area contributed by atoms with Gasteiger partial charge < -0.3 is 5.73 Å². The van der Waals surface area contributed by atoms with Gasteiger partial charge in [-0.3, -0.25) is 4.90 Å². The second-order valence-corrected chi connectivity index (χ2v) is 7.05. The average molecular weight is 272 g/mol. The van der Waals surface area contributed by atoms with Crippen molar-refractivity contribution in [1.82, 2.24) is 4.90 Å². The third kappa shape index (κ3) is 2.29. The largest absolute Gasteiger partial charge is 0.323 e. The Bertz CT molecular complexity index is 468. The van der Waals surface area contributed by atoms with Crippen LogP contribution in [0.15, 0.2) is 24.3 Å². The van der Waals surface area contributed by atoms with E-state index < -0.39 is 0 Å². The van der Waals surface area contributed by atoms with E-state index in [4.69, 9.17) is 5.73 Å². The first-order valence-corrected chi connectivity index (χ1v) is 8.19. The molecule has 1 aliphatic carbocycles. The van der Waals surface area contributed by atoms with E-state index in [2.05, 4.69) is 49.9 Å². The average Bonchev–Trinajstić information content (AvgIpc) is 2.92. The molecule has 2 nitrogen and oxygen atoms in total. The van der Waals surface area contributed by atoms with E-state index in [1.807, 2.05) is 0 Å². The molecule has 110 valence electrons. The number of hydrogen-bond acceptors (Lipinski definition) is 2. The zero-order valence-electron chi connectivity index (χ0n) is 13.0. The predicted molar refractivity (Wildman–Crippen MR) is 84.8 cm³/mol. The van der Waals surface area contributed by atoms with Crippen LogP contribution in [0.25, 0.3) is 0 Å². The summed E-state index contributed by atoms with van der Waals surface area (Å²) in [5.74, 6) is 1.36.